The maximum absolute atomic E-state index is 12.3. The van der Waals surface area contributed by atoms with Crippen LogP contribution >= 0.6 is 0 Å². The first kappa shape index (κ1) is 20.3. The first-order chi connectivity index (χ1) is 13.0. The van der Waals surface area contributed by atoms with E-state index in [0.717, 1.165) is 11.3 Å². The summed E-state index contributed by atoms with van der Waals surface area (Å²) in [6.07, 6.45) is 1.67. The molecule has 0 saturated carbocycles. The minimum Gasteiger partial charge on any atom is -0.497 e. The van der Waals surface area contributed by atoms with Crippen LogP contribution in [0.2, 0.25) is 0 Å². The number of carbonyl (C=O) groups excluding carboxylic acids is 1. The number of urea groups is 1. The van der Waals surface area contributed by atoms with Crippen LogP contribution in [0.3, 0.4) is 0 Å². The Hall–Kier alpha value is -2.99. The van der Waals surface area contributed by atoms with Crippen LogP contribution in [0.15, 0.2) is 61.2 Å². The molecule has 6 nitrogen and oxygen atoms in total. The minimum atomic E-state index is -0.273. The van der Waals surface area contributed by atoms with Crippen molar-refractivity contribution >= 4 is 11.7 Å². The Balaban J connectivity index is 1.96. The molecule has 0 heterocycles. The fourth-order valence-corrected chi connectivity index (χ4v) is 2.63. The number of hydrogen-bond acceptors (Lipinski definition) is 4. The summed E-state index contributed by atoms with van der Waals surface area (Å²) in [5, 5.41) is 5.75. The SMILES string of the molecule is C=CCOc1cccc(NC(=O)NCC(c2cccc(OC)c2)N(C)C)c1. The van der Waals surface area contributed by atoms with Gasteiger partial charge in [0.25, 0.3) is 0 Å². The number of rotatable bonds is 9. The topological polar surface area (TPSA) is 62.8 Å². The molecular formula is C21H27N3O3. The molecule has 0 aromatic heterocycles. The van der Waals surface area contributed by atoms with Crippen molar-refractivity contribution in [1.82, 2.24) is 10.2 Å². The normalized spacial score (nSPS) is 11.6. The van der Waals surface area contributed by atoms with E-state index in [0.29, 0.717) is 24.6 Å². The van der Waals surface area contributed by atoms with E-state index in [1.165, 1.54) is 0 Å². The molecule has 0 saturated heterocycles. The number of anilines is 1. The van der Waals surface area contributed by atoms with Gasteiger partial charge in [-0.05, 0) is 43.9 Å². The van der Waals surface area contributed by atoms with Crippen molar-refractivity contribution < 1.29 is 14.3 Å². The lowest BCUT2D eigenvalue weighted by Gasteiger charge is -2.25. The van der Waals surface area contributed by atoms with Crippen molar-refractivity contribution in [2.45, 2.75) is 6.04 Å². The van der Waals surface area contributed by atoms with Gasteiger partial charge in [0.05, 0.1) is 13.2 Å². The van der Waals surface area contributed by atoms with Gasteiger partial charge >= 0.3 is 6.03 Å². The number of amides is 2. The van der Waals surface area contributed by atoms with E-state index < -0.39 is 0 Å². The molecule has 2 N–H and O–H groups in total. The van der Waals surface area contributed by atoms with E-state index in [4.69, 9.17) is 9.47 Å². The number of ether oxygens (including phenoxy) is 2. The fourth-order valence-electron chi connectivity index (χ4n) is 2.63. The van der Waals surface area contributed by atoms with Gasteiger partial charge in [-0.25, -0.2) is 4.79 Å². The second-order valence-electron chi connectivity index (χ2n) is 6.22. The third kappa shape index (κ3) is 6.34. The van der Waals surface area contributed by atoms with Crippen molar-refractivity contribution in [2.24, 2.45) is 0 Å². The Bertz CT molecular complexity index is 762. The molecule has 0 aliphatic heterocycles. The van der Waals surface area contributed by atoms with E-state index in [9.17, 15) is 4.79 Å². The molecule has 1 atom stereocenters. The number of methoxy groups -OCH3 is 1. The van der Waals surface area contributed by atoms with Gasteiger partial charge in [0.2, 0.25) is 0 Å². The van der Waals surface area contributed by atoms with Gasteiger partial charge in [0, 0.05) is 18.3 Å². The lowest BCUT2D eigenvalue weighted by molar-refractivity contribution is 0.243. The van der Waals surface area contributed by atoms with E-state index in [-0.39, 0.29) is 12.1 Å². The Morgan fingerprint density at radius 3 is 2.63 bits per heavy atom. The first-order valence-electron chi connectivity index (χ1n) is 8.72. The van der Waals surface area contributed by atoms with Crippen molar-refractivity contribution in [3.8, 4) is 11.5 Å². The van der Waals surface area contributed by atoms with Crippen molar-refractivity contribution in [3.05, 3.63) is 66.7 Å². The molecule has 0 bridgehead atoms. The molecule has 6 heteroatoms. The van der Waals surface area contributed by atoms with E-state index in [1.54, 1.807) is 19.3 Å². The Kier molecular flexibility index (Phi) is 7.70. The summed E-state index contributed by atoms with van der Waals surface area (Å²) in [6.45, 7) is 4.50. The van der Waals surface area contributed by atoms with Gasteiger partial charge in [-0.1, -0.05) is 30.9 Å². The Labute approximate surface area is 160 Å². The van der Waals surface area contributed by atoms with Crippen LogP contribution in [0.5, 0.6) is 11.5 Å². The van der Waals surface area contributed by atoms with Gasteiger partial charge in [0.15, 0.2) is 0 Å². The molecule has 0 aliphatic carbocycles. The number of benzene rings is 2. The van der Waals surface area contributed by atoms with Gasteiger partial charge in [-0.2, -0.15) is 0 Å². The van der Waals surface area contributed by atoms with E-state index >= 15 is 0 Å². The Morgan fingerprint density at radius 2 is 1.93 bits per heavy atom. The van der Waals surface area contributed by atoms with Gasteiger partial charge in [-0.3, -0.25) is 0 Å². The number of carbonyl (C=O) groups is 1. The lowest BCUT2D eigenvalue weighted by atomic mass is 10.1. The summed E-state index contributed by atoms with van der Waals surface area (Å²) in [4.78, 5) is 14.4. The van der Waals surface area contributed by atoms with E-state index in [1.807, 2.05) is 56.6 Å². The Morgan fingerprint density at radius 1 is 1.19 bits per heavy atom. The molecular weight excluding hydrogens is 342 g/mol. The molecule has 0 radical (unpaired) electrons. The van der Waals surface area contributed by atoms with Crippen LogP contribution < -0.4 is 20.1 Å². The largest absolute Gasteiger partial charge is 0.497 e. The second-order valence-corrected chi connectivity index (χ2v) is 6.22. The molecule has 144 valence electrons. The number of nitrogens with one attached hydrogen (secondary N) is 2. The zero-order valence-electron chi connectivity index (χ0n) is 16.1. The average molecular weight is 369 g/mol. The van der Waals surface area contributed by atoms with Crippen molar-refractivity contribution in [3.63, 3.8) is 0 Å². The summed E-state index contributed by atoms with van der Waals surface area (Å²) in [6, 6.07) is 14.8. The molecule has 0 aliphatic rings. The monoisotopic (exact) mass is 369 g/mol. The van der Waals surface area contributed by atoms with Crippen molar-refractivity contribution in [2.75, 3.05) is 39.7 Å². The molecule has 2 rings (SSSR count). The first-order valence-corrected chi connectivity index (χ1v) is 8.72. The number of hydrogen-bond donors (Lipinski definition) is 2. The highest BCUT2D eigenvalue weighted by molar-refractivity contribution is 5.89. The molecule has 27 heavy (non-hydrogen) atoms. The van der Waals surface area contributed by atoms with Crippen LogP contribution in [0, 0.1) is 0 Å². The zero-order valence-corrected chi connectivity index (χ0v) is 16.1. The van der Waals surface area contributed by atoms with Crippen LogP contribution in [0.1, 0.15) is 11.6 Å². The zero-order chi connectivity index (χ0) is 19.6. The molecule has 1 unspecified atom stereocenters. The van der Waals surface area contributed by atoms with Crippen LogP contribution in [0.4, 0.5) is 10.5 Å². The highest BCUT2D eigenvalue weighted by Gasteiger charge is 2.16. The van der Waals surface area contributed by atoms with Crippen LogP contribution in [-0.4, -0.2) is 45.3 Å². The van der Waals surface area contributed by atoms with E-state index in [2.05, 4.69) is 22.1 Å². The van der Waals surface area contributed by atoms with Gasteiger partial charge < -0.3 is 25.0 Å². The summed E-state index contributed by atoms with van der Waals surface area (Å²) in [5.74, 6) is 1.47. The summed E-state index contributed by atoms with van der Waals surface area (Å²) < 4.78 is 10.8. The smallest absolute Gasteiger partial charge is 0.319 e. The summed E-state index contributed by atoms with van der Waals surface area (Å²) in [7, 11) is 5.59. The fraction of sp³-hybridized carbons (Fsp3) is 0.286. The number of nitrogens with zero attached hydrogens (tertiary/aromatic N) is 1. The molecule has 0 fully saturated rings. The third-order valence-corrected chi connectivity index (χ3v) is 4.02. The second kappa shape index (κ2) is 10.2. The van der Waals surface area contributed by atoms with Crippen LogP contribution in [-0.2, 0) is 0 Å². The third-order valence-electron chi connectivity index (χ3n) is 4.02. The standard InChI is InChI=1S/C21H27N3O3/c1-5-12-27-19-11-7-9-17(14-19)23-21(25)22-15-20(24(2)3)16-8-6-10-18(13-16)26-4/h5-11,13-14,20H,1,12,15H2,2-4H3,(H2,22,23,25). The van der Waals surface area contributed by atoms with Gasteiger partial charge in [0.1, 0.15) is 18.1 Å². The quantitative estimate of drug-likeness (QED) is 0.662. The predicted molar refractivity (Wildman–Crippen MR) is 109 cm³/mol. The minimum absolute atomic E-state index is 0.0214. The molecule has 2 aromatic rings. The van der Waals surface area contributed by atoms with Crippen LogP contribution in [0.25, 0.3) is 0 Å². The summed E-state index contributed by atoms with van der Waals surface area (Å²) >= 11 is 0. The number of likely N-dealkylation sites (N-methyl/N-ethyl adjacent to an activating group) is 1. The molecule has 2 aromatic carbocycles. The maximum atomic E-state index is 12.3. The summed E-state index contributed by atoms with van der Waals surface area (Å²) in [5.41, 5.74) is 1.73. The lowest BCUT2D eigenvalue weighted by Crippen LogP contribution is -2.36. The predicted octanol–water partition coefficient (Wildman–Crippen LogP) is 3.68. The van der Waals surface area contributed by atoms with Gasteiger partial charge in [-0.15, -0.1) is 0 Å². The highest BCUT2D eigenvalue weighted by Crippen LogP contribution is 2.22. The molecule has 0 spiro atoms. The highest BCUT2D eigenvalue weighted by atomic mass is 16.5. The van der Waals surface area contributed by atoms with Crippen molar-refractivity contribution in [1.29, 1.82) is 0 Å². The average Bonchev–Trinajstić information content (AvgIpc) is 2.66. The maximum Gasteiger partial charge on any atom is 0.319 e. The molecule has 2 amide bonds.